The van der Waals surface area contributed by atoms with Crippen LogP contribution in [-0.4, -0.2) is 25.4 Å². The van der Waals surface area contributed by atoms with Crippen molar-refractivity contribution in [1.29, 1.82) is 0 Å². The molecule has 286 valence electrons. The number of hydrogen-bond donors (Lipinski definition) is 2. The van der Waals surface area contributed by atoms with Gasteiger partial charge in [0, 0.05) is 11.4 Å². The molecular weight excluding hydrogens is 680 g/mol. The third-order valence-electron chi connectivity index (χ3n) is 8.29. The molecule has 0 unspecified atom stereocenters. The summed E-state index contributed by atoms with van der Waals surface area (Å²) in [5.41, 5.74) is 0.625. The number of rotatable bonds is 24. The van der Waals surface area contributed by atoms with E-state index in [2.05, 4.69) is 24.5 Å². The molecular formula is C40H52F4N2O6. The SMILES string of the molecule is CCCCCCCCCCOC(=O)Nc1ccc(Oc2c(F)c(F)c(Oc3ccc(NC(=O)OCCCCCCCCCC)cc3)c(F)c2F)cc1. The molecule has 0 radical (unpaired) electrons. The van der Waals surface area contributed by atoms with Gasteiger partial charge in [-0.2, -0.15) is 17.6 Å². The fourth-order valence-electron chi connectivity index (χ4n) is 5.33. The molecule has 12 heteroatoms. The summed E-state index contributed by atoms with van der Waals surface area (Å²) in [4.78, 5) is 24.2. The molecule has 0 saturated heterocycles. The molecule has 0 fully saturated rings. The van der Waals surface area contributed by atoms with Crippen LogP contribution in [0.5, 0.6) is 23.0 Å². The van der Waals surface area contributed by atoms with Gasteiger partial charge in [-0.1, -0.05) is 104 Å². The fraction of sp³-hybridized carbons (Fsp3) is 0.500. The standard InChI is InChI=1S/C40H52F4N2O6/c1-3-5-7-9-11-13-15-17-27-49-39(47)45-29-19-23-31(24-20-29)51-37-33(41)35(43)38(36(44)34(37)42)52-32-25-21-30(22-26-32)46-40(48)50-28-18-16-14-12-10-8-6-4-2/h19-26H,3-18,27-28H2,1-2H3,(H,45,47)(H,46,48). The van der Waals surface area contributed by atoms with Gasteiger partial charge in [-0.15, -0.1) is 0 Å². The van der Waals surface area contributed by atoms with Gasteiger partial charge in [-0.3, -0.25) is 10.6 Å². The van der Waals surface area contributed by atoms with Crippen molar-refractivity contribution in [3.8, 4) is 23.0 Å². The Bertz CT molecular complexity index is 1360. The molecule has 0 saturated carbocycles. The molecule has 3 aromatic rings. The average molecular weight is 733 g/mol. The van der Waals surface area contributed by atoms with Crippen molar-refractivity contribution >= 4 is 23.6 Å². The van der Waals surface area contributed by atoms with Crippen LogP contribution in [0.2, 0.25) is 0 Å². The largest absolute Gasteiger partial charge is 0.451 e. The van der Waals surface area contributed by atoms with E-state index in [1.807, 2.05) is 0 Å². The second-order valence-corrected chi connectivity index (χ2v) is 12.6. The lowest BCUT2D eigenvalue weighted by Crippen LogP contribution is -2.14. The zero-order valence-electron chi connectivity index (χ0n) is 30.3. The highest BCUT2D eigenvalue weighted by molar-refractivity contribution is 5.85. The molecule has 2 N–H and O–H groups in total. The molecule has 0 aliphatic rings. The van der Waals surface area contributed by atoms with E-state index < -0.39 is 47.0 Å². The first-order valence-electron chi connectivity index (χ1n) is 18.5. The molecule has 0 aliphatic carbocycles. The number of carbonyl (C=O) groups excluding carboxylic acids is 2. The Balaban J connectivity index is 1.45. The Labute approximate surface area is 304 Å². The molecule has 0 aliphatic heterocycles. The van der Waals surface area contributed by atoms with E-state index in [9.17, 15) is 27.2 Å². The van der Waals surface area contributed by atoms with Gasteiger partial charge >= 0.3 is 12.2 Å². The normalized spacial score (nSPS) is 10.9. The molecule has 0 spiro atoms. The van der Waals surface area contributed by atoms with E-state index in [0.717, 1.165) is 38.5 Å². The predicted molar refractivity (Wildman–Crippen MR) is 194 cm³/mol. The van der Waals surface area contributed by atoms with Crippen LogP contribution >= 0.6 is 0 Å². The third-order valence-corrected chi connectivity index (χ3v) is 8.29. The predicted octanol–water partition coefficient (Wildman–Crippen LogP) is 13.2. The number of nitrogens with one attached hydrogen (secondary N) is 2. The molecule has 3 aromatic carbocycles. The van der Waals surface area contributed by atoms with Crippen molar-refractivity contribution in [3.63, 3.8) is 0 Å². The summed E-state index contributed by atoms with van der Waals surface area (Å²) >= 11 is 0. The van der Waals surface area contributed by atoms with Crippen LogP contribution in [0.1, 0.15) is 117 Å². The highest BCUT2D eigenvalue weighted by Gasteiger charge is 2.29. The van der Waals surface area contributed by atoms with Crippen LogP contribution in [0.15, 0.2) is 48.5 Å². The number of carbonyl (C=O) groups is 2. The summed E-state index contributed by atoms with van der Waals surface area (Å²) in [5, 5.41) is 5.07. The minimum absolute atomic E-state index is 0.150. The summed E-state index contributed by atoms with van der Waals surface area (Å²) in [6.07, 6.45) is 16.5. The molecule has 2 amide bonds. The number of unbranched alkanes of at least 4 members (excludes halogenated alkanes) is 14. The van der Waals surface area contributed by atoms with E-state index in [-0.39, 0.29) is 24.7 Å². The number of ether oxygens (including phenoxy) is 4. The van der Waals surface area contributed by atoms with Gasteiger partial charge in [0.25, 0.3) is 0 Å². The maximum Gasteiger partial charge on any atom is 0.411 e. The van der Waals surface area contributed by atoms with E-state index in [4.69, 9.17) is 18.9 Å². The van der Waals surface area contributed by atoms with E-state index >= 15 is 0 Å². The highest BCUT2D eigenvalue weighted by atomic mass is 19.2. The Morgan fingerprint density at radius 3 is 1.06 bits per heavy atom. The second-order valence-electron chi connectivity index (χ2n) is 12.6. The van der Waals surface area contributed by atoms with Gasteiger partial charge in [0.2, 0.25) is 34.8 Å². The van der Waals surface area contributed by atoms with Gasteiger partial charge in [-0.05, 0) is 61.4 Å². The van der Waals surface area contributed by atoms with E-state index in [0.29, 0.717) is 11.4 Å². The van der Waals surface area contributed by atoms with Crippen molar-refractivity contribution in [2.45, 2.75) is 117 Å². The first-order chi connectivity index (χ1) is 25.2. The van der Waals surface area contributed by atoms with Crippen LogP contribution in [0.4, 0.5) is 38.5 Å². The molecule has 3 rings (SSSR count). The molecule has 0 heterocycles. The molecule has 52 heavy (non-hydrogen) atoms. The Morgan fingerprint density at radius 2 is 0.750 bits per heavy atom. The van der Waals surface area contributed by atoms with Crippen LogP contribution in [0, 0.1) is 23.3 Å². The summed E-state index contributed by atoms with van der Waals surface area (Å²) in [5.74, 6) is -10.1. The monoisotopic (exact) mass is 732 g/mol. The fourth-order valence-corrected chi connectivity index (χ4v) is 5.33. The number of amides is 2. The van der Waals surface area contributed by atoms with Gasteiger partial charge in [-0.25, -0.2) is 9.59 Å². The minimum atomic E-state index is -1.81. The van der Waals surface area contributed by atoms with Crippen LogP contribution < -0.4 is 20.1 Å². The second kappa shape index (κ2) is 23.9. The lowest BCUT2D eigenvalue weighted by atomic mass is 10.1. The molecule has 0 aromatic heterocycles. The van der Waals surface area contributed by atoms with E-state index in [1.54, 1.807) is 0 Å². The minimum Gasteiger partial charge on any atom is -0.451 e. The smallest absolute Gasteiger partial charge is 0.411 e. The van der Waals surface area contributed by atoms with E-state index in [1.165, 1.54) is 113 Å². The lowest BCUT2D eigenvalue weighted by Gasteiger charge is -2.14. The number of benzene rings is 3. The van der Waals surface area contributed by atoms with Gasteiger partial charge in [0.15, 0.2) is 0 Å². The first-order valence-corrected chi connectivity index (χ1v) is 18.5. The molecule has 0 bridgehead atoms. The van der Waals surface area contributed by atoms with Gasteiger partial charge in [0.05, 0.1) is 13.2 Å². The third kappa shape index (κ3) is 15.0. The summed E-state index contributed by atoms with van der Waals surface area (Å²) in [7, 11) is 0. The molecule has 0 atom stereocenters. The summed E-state index contributed by atoms with van der Waals surface area (Å²) in [6, 6.07) is 10.5. The number of hydrogen-bond acceptors (Lipinski definition) is 6. The van der Waals surface area contributed by atoms with Crippen molar-refractivity contribution in [2.24, 2.45) is 0 Å². The Hall–Kier alpha value is -4.48. The zero-order valence-corrected chi connectivity index (χ0v) is 30.3. The van der Waals surface area contributed by atoms with Crippen molar-refractivity contribution in [2.75, 3.05) is 23.8 Å². The van der Waals surface area contributed by atoms with Crippen LogP contribution in [0.3, 0.4) is 0 Å². The zero-order chi connectivity index (χ0) is 37.6. The quantitative estimate of drug-likeness (QED) is 0.0541. The van der Waals surface area contributed by atoms with Crippen molar-refractivity contribution < 1.29 is 46.1 Å². The molecule has 8 nitrogen and oxygen atoms in total. The average Bonchev–Trinajstić information content (AvgIpc) is 3.14. The van der Waals surface area contributed by atoms with Gasteiger partial charge in [0.1, 0.15) is 11.5 Å². The lowest BCUT2D eigenvalue weighted by molar-refractivity contribution is 0.158. The summed E-state index contributed by atoms with van der Waals surface area (Å²) in [6.45, 7) is 4.90. The van der Waals surface area contributed by atoms with Crippen LogP contribution in [-0.2, 0) is 9.47 Å². The van der Waals surface area contributed by atoms with Crippen molar-refractivity contribution in [3.05, 3.63) is 71.8 Å². The van der Waals surface area contributed by atoms with Crippen molar-refractivity contribution in [1.82, 2.24) is 0 Å². The highest BCUT2D eigenvalue weighted by Crippen LogP contribution is 2.39. The topological polar surface area (TPSA) is 95.1 Å². The van der Waals surface area contributed by atoms with Gasteiger partial charge < -0.3 is 18.9 Å². The number of anilines is 2. The Kier molecular flexibility index (Phi) is 19.3. The maximum atomic E-state index is 14.9. The summed E-state index contributed by atoms with van der Waals surface area (Å²) < 4.78 is 80.4. The van der Waals surface area contributed by atoms with Crippen LogP contribution in [0.25, 0.3) is 0 Å². The Morgan fingerprint density at radius 1 is 0.462 bits per heavy atom. The maximum absolute atomic E-state index is 14.9. The number of halogens is 4. The first kappa shape index (κ1) is 41.9.